The third kappa shape index (κ3) is 0.838. The van der Waals surface area contributed by atoms with E-state index in [1.165, 1.54) is 0 Å². The largest absolute Gasteiger partial charge is 0.281 e. The molecular formula is C5H6Cl2F2. The molecule has 1 rings (SSSR count). The predicted octanol–water partition coefficient (Wildman–Crippen LogP) is 2.84. The highest BCUT2D eigenvalue weighted by atomic mass is 35.5. The summed E-state index contributed by atoms with van der Waals surface area (Å²) in [7, 11) is 0. The van der Waals surface area contributed by atoms with Crippen LogP contribution in [-0.4, -0.2) is 10.3 Å². The predicted molar refractivity (Wildman–Crippen MR) is 33.2 cm³/mol. The fraction of sp³-hybridized carbons (Fsp3) is 1.00. The molecule has 0 aromatic carbocycles. The minimum atomic E-state index is -2.88. The Morgan fingerprint density at radius 2 is 1.89 bits per heavy atom. The van der Waals surface area contributed by atoms with Gasteiger partial charge in [-0.3, -0.25) is 0 Å². The van der Waals surface area contributed by atoms with Crippen LogP contribution in [0.5, 0.6) is 0 Å². The molecule has 0 aromatic heterocycles. The zero-order valence-corrected chi connectivity index (χ0v) is 6.31. The van der Waals surface area contributed by atoms with Crippen LogP contribution in [0.2, 0.25) is 0 Å². The van der Waals surface area contributed by atoms with Gasteiger partial charge in [0.1, 0.15) is 0 Å². The Labute approximate surface area is 62.1 Å². The molecular weight excluding hydrogens is 169 g/mol. The first-order chi connectivity index (χ1) is 3.88. The summed E-state index contributed by atoms with van der Waals surface area (Å²) < 4.78 is 22.8. The van der Waals surface area contributed by atoms with Gasteiger partial charge in [0.15, 0.2) is 4.33 Å². The van der Waals surface area contributed by atoms with E-state index in [0.717, 1.165) is 0 Å². The lowest BCUT2D eigenvalue weighted by Gasteiger charge is -2.45. The highest BCUT2D eigenvalue weighted by molar-refractivity contribution is 6.50. The summed E-state index contributed by atoms with van der Waals surface area (Å²) in [5, 5.41) is 0. The maximum absolute atomic E-state index is 12.3. The molecule has 0 amide bonds. The molecule has 0 bridgehead atoms. The fourth-order valence-corrected chi connectivity index (χ4v) is 1.19. The summed E-state index contributed by atoms with van der Waals surface area (Å²) in [5.74, 6) is -3.17. The quantitative estimate of drug-likeness (QED) is 0.496. The third-order valence-corrected chi connectivity index (χ3v) is 2.97. The zero-order chi connectivity index (χ0) is 7.28. The molecule has 1 saturated carbocycles. The third-order valence-electron chi connectivity index (χ3n) is 1.67. The van der Waals surface area contributed by atoms with Crippen molar-refractivity contribution in [3.8, 4) is 0 Å². The first kappa shape index (κ1) is 7.55. The first-order valence-electron chi connectivity index (χ1n) is 2.63. The Bertz CT molecular complexity index is 133. The van der Waals surface area contributed by atoms with E-state index in [-0.39, 0.29) is 12.3 Å². The molecule has 0 radical (unpaired) electrons. The van der Waals surface area contributed by atoms with E-state index >= 15 is 0 Å². The number of halogens is 4. The smallest absolute Gasteiger partial charge is 0.203 e. The summed E-state index contributed by atoms with van der Waals surface area (Å²) in [4.78, 5) is 0. The zero-order valence-electron chi connectivity index (χ0n) is 4.80. The van der Waals surface area contributed by atoms with Crippen LogP contribution in [0.1, 0.15) is 13.3 Å². The van der Waals surface area contributed by atoms with Gasteiger partial charge >= 0.3 is 0 Å². The number of rotatable bonds is 0. The Morgan fingerprint density at radius 3 is 1.89 bits per heavy atom. The fourth-order valence-electron chi connectivity index (χ4n) is 0.878. The molecule has 1 unspecified atom stereocenters. The minimum absolute atomic E-state index is 0.194. The van der Waals surface area contributed by atoms with Crippen molar-refractivity contribution in [1.82, 2.24) is 0 Å². The van der Waals surface area contributed by atoms with Gasteiger partial charge in [0.25, 0.3) is 5.92 Å². The van der Waals surface area contributed by atoms with Crippen LogP contribution in [0.4, 0.5) is 8.78 Å². The Kier molecular flexibility index (Phi) is 1.45. The van der Waals surface area contributed by atoms with Crippen LogP contribution in [0, 0.1) is 5.92 Å². The molecule has 1 aliphatic rings. The summed E-state index contributed by atoms with van der Waals surface area (Å²) >= 11 is 10.5. The van der Waals surface area contributed by atoms with Crippen LogP contribution in [0.3, 0.4) is 0 Å². The van der Waals surface area contributed by atoms with Crippen molar-refractivity contribution in [3.05, 3.63) is 0 Å². The van der Waals surface area contributed by atoms with Gasteiger partial charge < -0.3 is 0 Å². The molecule has 9 heavy (non-hydrogen) atoms. The van der Waals surface area contributed by atoms with E-state index in [2.05, 4.69) is 0 Å². The maximum Gasteiger partial charge on any atom is 0.281 e. The van der Waals surface area contributed by atoms with Crippen molar-refractivity contribution in [2.24, 2.45) is 5.92 Å². The van der Waals surface area contributed by atoms with Crippen molar-refractivity contribution in [3.63, 3.8) is 0 Å². The first-order valence-corrected chi connectivity index (χ1v) is 3.39. The standard InChI is InChI=1S/C5H6Cl2F2/c1-3-2-4(8,9)5(3,6)7/h3H,2H2,1H3. The highest BCUT2D eigenvalue weighted by Crippen LogP contribution is 2.58. The van der Waals surface area contributed by atoms with Gasteiger partial charge in [-0.05, 0) is 0 Å². The summed E-state index contributed by atoms with van der Waals surface area (Å²) in [6.45, 7) is 1.61. The van der Waals surface area contributed by atoms with Crippen molar-refractivity contribution < 1.29 is 8.78 Å². The van der Waals surface area contributed by atoms with Gasteiger partial charge in [0.05, 0.1) is 0 Å². The second-order valence-electron chi connectivity index (χ2n) is 2.43. The van der Waals surface area contributed by atoms with E-state index in [9.17, 15) is 8.78 Å². The van der Waals surface area contributed by atoms with Crippen molar-refractivity contribution in [2.75, 3.05) is 0 Å². The minimum Gasteiger partial charge on any atom is -0.203 e. The van der Waals surface area contributed by atoms with Gasteiger partial charge in [-0.25, -0.2) is 8.78 Å². The van der Waals surface area contributed by atoms with Crippen LogP contribution >= 0.6 is 23.2 Å². The molecule has 0 nitrogen and oxygen atoms in total. The lowest BCUT2D eigenvalue weighted by atomic mass is 9.81. The normalized spacial score (nSPS) is 37.7. The molecule has 54 valence electrons. The average molecular weight is 175 g/mol. The highest BCUT2D eigenvalue weighted by Gasteiger charge is 2.65. The molecule has 1 atom stereocenters. The molecule has 0 aromatic rings. The van der Waals surface area contributed by atoms with Crippen LogP contribution < -0.4 is 0 Å². The Morgan fingerprint density at radius 1 is 1.44 bits per heavy atom. The van der Waals surface area contributed by atoms with Gasteiger partial charge in [0.2, 0.25) is 0 Å². The SMILES string of the molecule is CC1CC(F)(F)C1(Cl)Cl. The van der Waals surface area contributed by atoms with E-state index in [0.29, 0.717) is 0 Å². The summed E-state index contributed by atoms with van der Waals surface area (Å²) in [6.07, 6.45) is -0.194. The lowest BCUT2D eigenvalue weighted by molar-refractivity contribution is -0.116. The van der Waals surface area contributed by atoms with Crippen LogP contribution in [0.25, 0.3) is 0 Å². The Hall–Kier alpha value is 0.440. The van der Waals surface area contributed by atoms with E-state index in [4.69, 9.17) is 23.2 Å². The number of hydrogen-bond donors (Lipinski definition) is 0. The Balaban J connectivity index is 2.70. The van der Waals surface area contributed by atoms with E-state index in [1.54, 1.807) is 6.92 Å². The van der Waals surface area contributed by atoms with Crippen LogP contribution in [0.15, 0.2) is 0 Å². The van der Waals surface area contributed by atoms with E-state index < -0.39 is 10.3 Å². The maximum atomic E-state index is 12.3. The summed E-state index contributed by atoms with van der Waals surface area (Å²) in [6, 6.07) is 0. The molecule has 4 heteroatoms. The molecule has 0 aliphatic heterocycles. The topological polar surface area (TPSA) is 0 Å². The molecule has 0 heterocycles. The van der Waals surface area contributed by atoms with Gasteiger partial charge in [-0.1, -0.05) is 30.1 Å². The monoisotopic (exact) mass is 174 g/mol. The van der Waals surface area contributed by atoms with Crippen LogP contribution in [-0.2, 0) is 0 Å². The number of hydrogen-bond acceptors (Lipinski definition) is 0. The van der Waals surface area contributed by atoms with E-state index in [1.807, 2.05) is 0 Å². The second-order valence-corrected chi connectivity index (χ2v) is 3.82. The van der Waals surface area contributed by atoms with Gasteiger partial charge in [-0.2, -0.15) is 0 Å². The van der Waals surface area contributed by atoms with Gasteiger partial charge in [0, 0.05) is 12.3 Å². The molecule has 0 N–H and O–H groups in total. The molecule has 0 spiro atoms. The molecule has 1 fully saturated rings. The average Bonchev–Trinajstić information content (AvgIpc) is 1.65. The lowest BCUT2D eigenvalue weighted by Crippen LogP contribution is -2.55. The van der Waals surface area contributed by atoms with Crippen molar-refractivity contribution in [2.45, 2.75) is 23.6 Å². The van der Waals surface area contributed by atoms with Gasteiger partial charge in [-0.15, -0.1) is 0 Å². The van der Waals surface area contributed by atoms with Crippen molar-refractivity contribution >= 4 is 23.2 Å². The second kappa shape index (κ2) is 1.73. The molecule has 0 saturated heterocycles. The number of alkyl halides is 4. The summed E-state index contributed by atoms with van der Waals surface area (Å²) in [5.41, 5.74) is 0. The van der Waals surface area contributed by atoms with Crippen molar-refractivity contribution in [1.29, 1.82) is 0 Å². The molecule has 1 aliphatic carbocycles.